The molecule has 61 heavy (non-hydrogen) atoms. The lowest BCUT2D eigenvalue weighted by molar-refractivity contribution is -0.136. The minimum atomic E-state index is -1.94. The number of rotatable bonds is 9. The maximum Gasteiger partial charge on any atom is 0.255 e. The SMILES string of the molecule is CC(C)(C)[Si](C)(C)Oc1ccc2c(c1)CC[C@H](c1ccccc1)[C@@H]2c1ccc(N2CCC(CN3CCN(c4ccc5c(c4)CN([C@H]4CCC(=O)NC4=O)C5=O)CC3)CC2)cc1. The van der Waals surface area contributed by atoms with Gasteiger partial charge < -0.3 is 19.1 Å². The van der Waals surface area contributed by atoms with Crippen molar-refractivity contribution in [3.8, 4) is 5.75 Å². The summed E-state index contributed by atoms with van der Waals surface area (Å²) in [7, 11) is -1.94. The molecule has 0 radical (unpaired) electrons. The van der Waals surface area contributed by atoms with Crippen molar-refractivity contribution >= 4 is 37.4 Å². The van der Waals surface area contributed by atoms with Crippen molar-refractivity contribution in [2.45, 2.75) is 102 Å². The van der Waals surface area contributed by atoms with E-state index in [0.717, 1.165) is 75.7 Å². The molecule has 3 fully saturated rings. The highest BCUT2D eigenvalue weighted by Crippen LogP contribution is 2.48. The minimum absolute atomic E-state index is 0.117. The number of imide groups is 1. The molecule has 0 unspecified atom stereocenters. The maximum absolute atomic E-state index is 13.2. The Balaban J connectivity index is 0.796. The number of nitrogens with one attached hydrogen (secondary N) is 1. The van der Waals surface area contributed by atoms with Crippen molar-refractivity contribution in [1.82, 2.24) is 15.1 Å². The fraction of sp³-hybridized carbons (Fsp3) is 0.471. The Labute approximate surface area is 363 Å². The highest BCUT2D eigenvalue weighted by atomic mass is 28.4. The molecule has 0 aromatic heterocycles. The second-order valence-corrected chi connectivity index (χ2v) is 24.5. The van der Waals surface area contributed by atoms with Crippen LogP contribution in [0.1, 0.15) is 103 Å². The van der Waals surface area contributed by atoms with E-state index in [1.165, 1.54) is 40.8 Å². The van der Waals surface area contributed by atoms with Crippen LogP contribution in [0.4, 0.5) is 11.4 Å². The van der Waals surface area contributed by atoms with Gasteiger partial charge in [-0.2, -0.15) is 0 Å². The third kappa shape index (κ3) is 8.50. The fourth-order valence-corrected chi connectivity index (χ4v) is 11.4. The number of carbonyl (C=O) groups is 3. The Morgan fingerprint density at radius 1 is 0.705 bits per heavy atom. The lowest BCUT2D eigenvalue weighted by atomic mass is 9.69. The minimum Gasteiger partial charge on any atom is -0.543 e. The zero-order chi connectivity index (χ0) is 42.5. The first-order chi connectivity index (χ1) is 29.3. The zero-order valence-corrected chi connectivity index (χ0v) is 37.8. The molecule has 9 rings (SSSR count). The van der Waals surface area contributed by atoms with Gasteiger partial charge in [0.1, 0.15) is 11.8 Å². The highest BCUT2D eigenvalue weighted by molar-refractivity contribution is 6.74. The molecule has 1 aliphatic carbocycles. The standard InChI is InChI=1S/C51H63N5O4Si/c1-51(2,3)61(4,5)60-42-17-20-44-38(32-42)13-18-43(36-9-7-6-8-10-36)48(44)37-11-14-40(15-12-37)54-25-23-35(24-26-54)33-53-27-29-55(30-28-53)41-16-19-45-39(31-41)34-56(50(45)59)46-21-22-47(57)52-49(46)58/h6-12,14-17,19-20,31-32,35,43,46,48H,13,18,21-30,33-34H2,1-5H3,(H,52,57,58)/t43-,46+,48+/m1/s1. The Bertz CT molecular complexity index is 2260. The second kappa shape index (κ2) is 16.7. The molecule has 4 aromatic rings. The van der Waals surface area contributed by atoms with Crippen LogP contribution in [0.15, 0.2) is 91.0 Å². The van der Waals surface area contributed by atoms with Gasteiger partial charge in [-0.05, 0) is 132 Å². The van der Waals surface area contributed by atoms with Gasteiger partial charge in [-0.1, -0.05) is 69.3 Å². The molecule has 1 N–H and O–H groups in total. The predicted molar refractivity (Wildman–Crippen MR) is 246 cm³/mol. The highest BCUT2D eigenvalue weighted by Gasteiger charge is 2.41. The molecule has 9 nitrogen and oxygen atoms in total. The molecule has 3 atom stereocenters. The van der Waals surface area contributed by atoms with Crippen molar-refractivity contribution in [2.75, 3.05) is 55.6 Å². The Morgan fingerprint density at radius 3 is 2.11 bits per heavy atom. The van der Waals surface area contributed by atoms with E-state index in [0.29, 0.717) is 36.3 Å². The normalized spacial score (nSPS) is 22.9. The Hall–Kier alpha value is -4.93. The van der Waals surface area contributed by atoms with E-state index >= 15 is 0 Å². The summed E-state index contributed by atoms with van der Waals surface area (Å²) >= 11 is 0. The largest absolute Gasteiger partial charge is 0.543 e. The molecule has 3 amide bonds. The Kier molecular flexibility index (Phi) is 11.4. The van der Waals surface area contributed by atoms with E-state index in [1.54, 1.807) is 4.90 Å². The predicted octanol–water partition coefficient (Wildman–Crippen LogP) is 8.73. The zero-order valence-electron chi connectivity index (χ0n) is 36.8. The molecule has 0 saturated carbocycles. The molecule has 5 aliphatic rings. The van der Waals surface area contributed by atoms with Crippen LogP contribution in [0, 0.1) is 5.92 Å². The summed E-state index contributed by atoms with van der Waals surface area (Å²) in [6, 6.07) is 33.2. The van der Waals surface area contributed by atoms with Gasteiger partial charge in [-0.25, -0.2) is 0 Å². The van der Waals surface area contributed by atoms with E-state index in [1.807, 2.05) is 6.07 Å². The summed E-state index contributed by atoms with van der Waals surface area (Å²) in [4.78, 5) is 46.7. The summed E-state index contributed by atoms with van der Waals surface area (Å²) in [5.74, 6) is 1.71. The monoisotopic (exact) mass is 837 g/mol. The van der Waals surface area contributed by atoms with Crippen molar-refractivity contribution in [2.24, 2.45) is 5.92 Å². The number of piperazine rings is 1. The van der Waals surface area contributed by atoms with Crippen LogP contribution < -0.4 is 19.5 Å². The van der Waals surface area contributed by atoms with Crippen LogP contribution in [0.2, 0.25) is 18.1 Å². The van der Waals surface area contributed by atoms with Crippen LogP contribution in [0.25, 0.3) is 0 Å². The van der Waals surface area contributed by atoms with Crippen molar-refractivity contribution < 1.29 is 18.8 Å². The van der Waals surface area contributed by atoms with Gasteiger partial charge in [0.15, 0.2) is 0 Å². The first-order valence-electron chi connectivity index (χ1n) is 22.8. The maximum atomic E-state index is 13.2. The third-order valence-corrected chi connectivity index (χ3v) is 19.3. The quantitative estimate of drug-likeness (QED) is 0.133. The van der Waals surface area contributed by atoms with Crippen LogP contribution in [0.3, 0.4) is 0 Å². The number of amides is 3. The lowest BCUT2D eigenvalue weighted by Crippen LogP contribution is -2.52. The topological polar surface area (TPSA) is 85.4 Å². The molecule has 3 saturated heterocycles. The van der Waals surface area contributed by atoms with Crippen LogP contribution in [-0.4, -0.2) is 87.7 Å². The average Bonchev–Trinajstić information content (AvgIpc) is 3.58. The van der Waals surface area contributed by atoms with E-state index in [2.05, 4.69) is 139 Å². The van der Waals surface area contributed by atoms with Crippen LogP contribution in [0.5, 0.6) is 5.75 Å². The average molecular weight is 838 g/mol. The number of anilines is 2. The molecular weight excluding hydrogens is 775 g/mol. The first kappa shape index (κ1) is 41.4. The van der Waals surface area contributed by atoms with E-state index in [-0.39, 0.29) is 29.2 Å². The number of piperidine rings is 2. The molecule has 0 bridgehead atoms. The number of fused-ring (bicyclic) bond motifs is 2. The first-order valence-corrected chi connectivity index (χ1v) is 25.7. The molecule has 4 heterocycles. The molecular formula is C51H63N5O4Si. The summed E-state index contributed by atoms with van der Waals surface area (Å²) < 4.78 is 6.78. The number of carbonyl (C=O) groups excluding carboxylic acids is 3. The van der Waals surface area contributed by atoms with Gasteiger partial charge in [-0.3, -0.25) is 24.6 Å². The van der Waals surface area contributed by atoms with Gasteiger partial charge in [0.25, 0.3) is 5.91 Å². The number of aryl methyl sites for hydroxylation is 1. The number of hydrogen-bond donors (Lipinski definition) is 1. The van der Waals surface area contributed by atoms with Crippen molar-refractivity contribution in [1.29, 1.82) is 0 Å². The van der Waals surface area contributed by atoms with Gasteiger partial charge in [0, 0.05) is 81.6 Å². The molecule has 4 aromatic carbocycles. The molecule has 10 heteroatoms. The third-order valence-electron chi connectivity index (χ3n) is 15.0. The summed E-state index contributed by atoms with van der Waals surface area (Å²) in [6.07, 6.45) is 5.25. The van der Waals surface area contributed by atoms with Crippen molar-refractivity contribution in [3.63, 3.8) is 0 Å². The summed E-state index contributed by atoms with van der Waals surface area (Å²) in [5.41, 5.74) is 9.80. The smallest absolute Gasteiger partial charge is 0.255 e. The van der Waals surface area contributed by atoms with E-state index in [9.17, 15) is 14.4 Å². The number of nitrogens with zero attached hydrogens (tertiary/aromatic N) is 4. The van der Waals surface area contributed by atoms with Crippen LogP contribution >= 0.6 is 0 Å². The molecule has 4 aliphatic heterocycles. The van der Waals surface area contributed by atoms with Gasteiger partial charge in [-0.15, -0.1) is 0 Å². The number of benzene rings is 4. The van der Waals surface area contributed by atoms with Gasteiger partial charge in [0.05, 0.1) is 0 Å². The van der Waals surface area contributed by atoms with E-state index < -0.39 is 14.4 Å². The molecule has 320 valence electrons. The lowest BCUT2D eigenvalue weighted by Gasteiger charge is -2.40. The summed E-state index contributed by atoms with van der Waals surface area (Å²) in [6.45, 7) is 19.3. The fourth-order valence-electron chi connectivity index (χ4n) is 10.4. The van der Waals surface area contributed by atoms with Crippen molar-refractivity contribution in [3.05, 3.63) is 124 Å². The van der Waals surface area contributed by atoms with Gasteiger partial charge in [0.2, 0.25) is 20.1 Å². The van der Waals surface area contributed by atoms with E-state index in [4.69, 9.17) is 4.43 Å². The van der Waals surface area contributed by atoms with Gasteiger partial charge >= 0.3 is 0 Å². The Morgan fingerprint density at radius 2 is 1.41 bits per heavy atom. The van der Waals surface area contributed by atoms with Crippen LogP contribution in [-0.2, 0) is 22.6 Å². The number of hydrogen-bond acceptors (Lipinski definition) is 7. The molecule has 0 spiro atoms. The summed E-state index contributed by atoms with van der Waals surface area (Å²) in [5, 5.41) is 2.55. The second-order valence-electron chi connectivity index (χ2n) is 19.8.